The van der Waals surface area contributed by atoms with Crippen molar-refractivity contribution in [2.24, 2.45) is 4.99 Å². The van der Waals surface area contributed by atoms with E-state index in [1.165, 1.54) is 0 Å². The monoisotopic (exact) mass is 583 g/mol. The molecule has 0 atom stereocenters. The number of rotatable bonds is 11. The van der Waals surface area contributed by atoms with Crippen molar-refractivity contribution in [1.29, 1.82) is 0 Å². The lowest BCUT2D eigenvalue weighted by Gasteiger charge is -2.26. The summed E-state index contributed by atoms with van der Waals surface area (Å²) in [6.07, 6.45) is 5.42. The van der Waals surface area contributed by atoms with Gasteiger partial charge < -0.3 is 19.1 Å². The maximum atomic E-state index is 5.75. The molecule has 0 unspecified atom stereocenters. The third kappa shape index (κ3) is 6.10. The smallest absolute Gasteiger partial charge is 0.157 e. The van der Waals surface area contributed by atoms with Crippen LogP contribution in [0.2, 0.25) is 0 Å². The van der Waals surface area contributed by atoms with Crippen LogP contribution < -0.4 is 19.1 Å². The van der Waals surface area contributed by atoms with Gasteiger partial charge in [0, 0.05) is 35.8 Å². The first-order valence-electron chi connectivity index (χ1n) is 14.3. The molecule has 0 aliphatic rings. The number of hydrogen-bond acceptors (Lipinski definition) is 7. The van der Waals surface area contributed by atoms with Gasteiger partial charge in [-0.15, -0.1) is 0 Å². The summed E-state index contributed by atoms with van der Waals surface area (Å²) in [6.45, 7) is 1.13. The van der Waals surface area contributed by atoms with Crippen LogP contribution in [0, 0.1) is 0 Å². The van der Waals surface area contributed by atoms with Crippen molar-refractivity contribution in [2.45, 2.75) is 13.1 Å². The molecule has 0 saturated heterocycles. The summed E-state index contributed by atoms with van der Waals surface area (Å²) < 4.78 is 18.5. The standard InChI is InChI=1S/C36H33N5O3/c1-42-30-17-14-26(15-18-30)23-40(24-29-16-19-31(43-2)20-33(29)44-3)36-32-21-37-25-41(32)34(22-38-36)39-35(27-10-6-4-7-11-27)28-12-8-5-9-13-28/h4-22,25H,23-24H2,1-3H3. The van der Waals surface area contributed by atoms with Gasteiger partial charge in [0.1, 0.15) is 29.1 Å². The van der Waals surface area contributed by atoms with E-state index < -0.39 is 0 Å². The maximum Gasteiger partial charge on any atom is 0.157 e. The van der Waals surface area contributed by atoms with E-state index in [2.05, 4.69) is 46.3 Å². The molecule has 2 aromatic heterocycles. The zero-order valence-corrected chi connectivity index (χ0v) is 24.9. The Balaban J connectivity index is 1.45. The number of imidazole rings is 1. The summed E-state index contributed by atoms with van der Waals surface area (Å²) >= 11 is 0. The first-order chi connectivity index (χ1) is 21.7. The van der Waals surface area contributed by atoms with E-state index in [1.54, 1.807) is 27.7 Å². The Kier molecular flexibility index (Phi) is 8.50. The van der Waals surface area contributed by atoms with Crippen LogP contribution in [0.3, 0.4) is 0 Å². The molecular formula is C36H33N5O3. The molecule has 4 aromatic carbocycles. The molecular weight excluding hydrogens is 550 g/mol. The lowest BCUT2D eigenvalue weighted by Crippen LogP contribution is -2.24. The molecule has 0 spiro atoms. The fourth-order valence-electron chi connectivity index (χ4n) is 5.16. The normalized spacial score (nSPS) is 10.8. The van der Waals surface area contributed by atoms with Crippen molar-refractivity contribution in [2.75, 3.05) is 26.2 Å². The quantitative estimate of drug-likeness (QED) is 0.151. The molecule has 0 fully saturated rings. The molecule has 0 bridgehead atoms. The van der Waals surface area contributed by atoms with Crippen molar-refractivity contribution >= 4 is 22.9 Å². The second-order valence-corrected chi connectivity index (χ2v) is 10.2. The number of nitrogens with zero attached hydrogens (tertiary/aromatic N) is 5. The van der Waals surface area contributed by atoms with Crippen LogP contribution in [0.5, 0.6) is 17.2 Å². The zero-order valence-electron chi connectivity index (χ0n) is 24.9. The van der Waals surface area contributed by atoms with E-state index in [0.717, 1.165) is 56.5 Å². The molecule has 0 aliphatic heterocycles. The first-order valence-corrected chi connectivity index (χ1v) is 14.3. The predicted octanol–water partition coefficient (Wildman–Crippen LogP) is 7.13. The molecule has 0 amide bonds. The number of fused-ring (bicyclic) bond motifs is 1. The Bertz CT molecular complexity index is 1830. The van der Waals surface area contributed by atoms with Crippen molar-refractivity contribution in [3.63, 3.8) is 0 Å². The highest BCUT2D eigenvalue weighted by atomic mass is 16.5. The highest BCUT2D eigenvalue weighted by molar-refractivity contribution is 6.13. The van der Waals surface area contributed by atoms with Crippen molar-refractivity contribution in [3.05, 3.63) is 144 Å². The Morgan fingerprint density at radius 1 is 0.727 bits per heavy atom. The van der Waals surface area contributed by atoms with E-state index in [0.29, 0.717) is 18.9 Å². The van der Waals surface area contributed by atoms with Gasteiger partial charge in [-0.3, -0.25) is 4.40 Å². The number of ether oxygens (including phenoxy) is 3. The summed E-state index contributed by atoms with van der Waals surface area (Å²) in [4.78, 5) is 16.9. The maximum absolute atomic E-state index is 5.75. The topological polar surface area (TPSA) is 73.5 Å². The van der Waals surface area contributed by atoms with Crippen molar-refractivity contribution in [3.8, 4) is 17.2 Å². The van der Waals surface area contributed by atoms with Crippen LogP contribution in [0.4, 0.5) is 11.6 Å². The van der Waals surface area contributed by atoms with Crippen LogP contribution in [0.1, 0.15) is 22.3 Å². The lowest BCUT2D eigenvalue weighted by atomic mass is 10.0. The number of aliphatic imine (C=N–C) groups is 1. The van der Waals surface area contributed by atoms with Gasteiger partial charge in [0.05, 0.1) is 39.4 Å². The molecule has 6 aromatic rings. The molecule has 44 heavy (non-hydrogen) atoms. The van der Waals surface area contributed by atoms with Gasteiger partial charge in [-0.05, 0) is 29.8 Å². The summed E-state index contributed by atoms with van der Waals surface area (Å²) in [5.41, 5.74) is 5.84. The number of hydrogen-bond donors (Lipinski definition) is 0. The van der Waals surface area contributed by atoms with E-state index >= 15 is 0 Å². The number of aromatic nitrogens is 3. The molecule has 8 heteroatoms. The molecule has 2 heterocycles. The van der Waals surface area contributed by atoms with Crippen LogP contribution in [0.25, 0.3) is 5.52 Å². The highest BCUT2D eigenvalue weighted by Crippen LogP contribution is 2.31. The molecule has 220 valence electrons. The van der Waals surface area contributed by atoms with Gasteiger partial charge in [-0.25, -0.2) is 15.0 Å². The third-order valence-corrected chi connectivity index (χ3v) is 7.42. The van der Waals surface area contributed by atoms with Gasteiger partial charge in [0.2, 0.25) is 0 Å². The fraction of sp³-hybridized carbons (Fsp3) is 0.139. The SMILES string of the molecule is COc1ccc(CN(Cc2ccc(OC)cc2OC)c2ncc(N=C(c3ccccc3)c3ccccc3)n3cncc23)cc1. The average Bonchev–Trinajstić information content (AvgIpc) is 3.59. The fourth-order valence-corrected chi connectivity index (χ4v) is 5.16. The minimum absolute atomic E-state index is 0.537. The Morgan fingerprint density at radius 3 is 2.02 bits per heavy atom. The van der Waals surface area contributed by atoms with E-state index in [1.807, 2.05) is 83.5 Å². The zero-order chi connectivity index (χ0) is 30.3. The second kappa shape index (κ2) is 13.1. The molecule has 0 radical (unpaired) electrons. The van der Waals surface area contributed by atoms with Gasteiger partial charge in [0.15, 0.2) is 11.6 Å². The summed E-state index contributed by atoms with van der Waals surface area (Å²) in [6, 6.07) is 34.3. The van der Waals surface area contributed by atoms with Gasteiger partial charge in [-0.2, -0.15) is 0 Å². The van der Waals surface area contributed by atoms with Gasteiger partial charge in [-0.1, -0.05) is 72.8 Å². The van der Waals surface area contributed by atoms with E-state index in [4.69, 9.17) is 24.2 Å². The van der Waals surface area contributed by atoms with E-state index in [-0.39, 0.29) is 0 Å². The van der Waals surface area contributed by atoms with Gasteiger partial charge in [0.25, 0.3) is 0 Å². The molecule has 0 saturated carbocycles. The Labute approximate surface area is 256 Å². The van der Waals surface area contributed by atoms with Crippen molar-refractivity contribution in [1.82, 2.24) is 14.4 Å². The molecule has 8 nitrogen and oxygen atoms in total. The van der Waals surface area contributed by atoms with Crippen LogP contribution in [-0.2, 0) is 13.1 Å². The minimum atomic E-state index is 0.537. The van der Waals surface area contributed by atoms with Crippen molar-refractivity contribution < 1.29 is 14.2 Å². The lowest BCUT2D eigenvalue weighted by molar-refractivity contribution is 0.390. The minimum Gasteiger partial charge on any atom is -0.497 e. The predicted molar refractivity (Wildman–Crippen MR) is 174 cm³/mol. The average molecular weight is 584 g/mol. The van der Waals surface area contributed by atoms with Crippen LogP contribution >= 0.6 is 0 Å². The second-order valence-electron chi connectivity index (χ2n) is 10.2. The Hall–Kier alpha value is -5.63. The molecule has 0 aliphatic carbocycles. The number of methoxy groups -OCH3 is 3. The van der Waals surface area contributed by atoms with Crippen LogP contribution in [0.15, 0.2) is 127 Å². The van der Waals surface area contributed by atoms with Gasteiger partial charge >= 0.3 is 0 Å². The molecule has 0 N–H and O–H groups in total. The highest BCUT2D eigenvalue weighted by Gasteiger charge is 2.19. The van der Waals surface area contributed by atoms with E-state index in [9.17, 15) is 0 Å². The first kappa shape index (κ1) is 28.5. The number of benzene rings is 4. The summed E-state index contributed by atoms with van der Waals surface area (Å²) in [7, 11) is 4.99. The Morgan fingerprint density at radius 2 is 1.39 bits per heavy atom. The van der Waals surface area contributed by atoms with Crippen LogP contribution in [-0.4, -0.2) is 41.4 Å². The largest absolute Gasteiger partial charge is 0.497 e. The number of anilines is 1. The third-order valence-electron chi connectivity index (χ3n) is 7.42. The molecule has 6 rings (SSSR count). The summed E-state index contributed by atoms with van der Waals surface area (Å²) in [5.74, 6) is 3.73. The summed E-state index contributed by atoms with van der Waals surface area (Å²) in [5, 5.41) is 0.